The second-order valence-electron chi connectivity index (χ2n) is 3.29. The SMILES string of the molecule is CC.CCC(O)C(C)(C)C. The van der Waals surface area contributed by atoms with E-state index in [2.05, 4.69) is 0 Å². The molecule has 0 aromatic carbocycles. The zero-order valence-electron chi connectivity index (χ0n) is 8.23. The smallest absolute Gasteiger partial charge is 0.0585 e. The summed E-state index contributed by atoms with van der Waals surface area (Å²) in [6.45, 7) is 12.1. The molecule has 0 radical (unpaired) electrons. The Morgan fingerprint density at radius 2 is 1.50 bits per heavy atom. The first kappa shape index (κ1) is 12.6. The van der Waals surface area contributed by atoms with E-state index in [9.17, 15) is 5.11 Å². The summed E-state index contributed by atoms with van der Waals surface area (Å²) < 4.78 is 0. The quantitative estimate of drug-likeness (QED) is 0.603. The van der Waals surface area contributed by atoms with Crippen LogP contribution in [0.15, 0.2) is 0 Å². The summed E-state index contributed by atoms with van der Waals surface area (Å²) >= 11 is 0. The van der Waals surface area contributed by atoms with E-state index >= 15 is 0 Å². The summed E-state index contributed by atoms with van der Waals surface area (Å²) in [6, 6.07) is 0. The zero-order valence-corrected chi connectivity index (χ0v) is 8.23. The average molecular weight is 146 g/mol. The van der Waals surface area contributed by atoms with Crippen LogP contribution in [0.1, 0.15) is 48.0 Å². The van der Waals surface area contributed by atoms with Gasteiger partial charge in [0.1, 0.15) is 0 Å². The Balaban J connectivity index is 0. The van der Waals surface area contributed by atoms with E-state index in [0.717, 1.165) is 6.42 Å². The maximum Gasteiger partial charge on any atom is 0.0585 e. The van der Waals surface area contributed by atoms with Gasteiger partial charge in [0.15, 0.2) is 0 Å². The number of rotatable bonds is 1. The van der Waals surface area contributed by atoms with Gasteiger partial charge in [-0.05, 0) is 11.8 Å². The molecule has 0 rings (SSSR count). The standard InChI is InChI=1S/C7H16O.C2H6/c1-5-6(8)7(2,3)4;1-2/h6,8H,5H2,1-4H3;1-2H3. The average Bonchev–Trinajstić information content (AvgIpc) is 1.89. The first-order valence-corrected chi connectivity index (χ1v) is 4.16. The van der Waals surface area contributed by atoms with Gasteiger partial charge in [0.25, 0.3) is 0 Å². The Kier molecular flexibility index (Phi) is 7.22. The fraction of sp³-hybridized carbons (Fsp3) is 1.00. The van der Waals surface area contributed by atoms with Crippen LogP contribution in [-0.4, -0.2) is 11.2 Å². The van der Waals surface area contributed by atoms with Crippen molar-refractivity contribution >= 4 is 0 Å². The molecule has 0 aliphatic carbocycles. The van der Waals surface area contributed by atoms with Gasteiger partial charge >= 0.3 is 0 Å². The molecule has 0 aromatic rings. The fourth-order valence-corrected chi connectivity index (χ4v) is 0.612. The Hall–Kier alpha value is -0.0400. The predicted octanol–water partition coefficient (Wildman–Crippen LogP) is 2.83. The van der Waals surface area contributed by atoms with Gasteiger partial charge in [0.2, 0.25) is 0 Å². The largest absolute Gasteiger partial charge is 0.393 e. The molecule has 10 heavy (non-hydrogen) atoms. The van der Waals surface area contributed by atoms with Gasteiger partial charge in [-0.3, -0.25) is 0 Å². The Morgan fingerprint density at radius 3 is 1.50 bits per heavy atom. The molecule has 1 N–H and O–H groups in total. The molecule has 0 spiro atoms. The van der Waals surface area contributed by atoms with E-state index in [4.69, 9.17) is 0 Å². The summed E-state index contributed by atoms with van der Waals surface area (Å²) in [6.07, 6.45) is 0.700. The minimum Gasteiger partial charge on any atom is -0.393 e. The molecule has 1 heteroatoms. The van der Waals surface area contributed by atoms with Crippen molar-refractivity contribution in [1.29, 1.82) is 0 Å². The molecule has 1 atom stereocenters. The van der Waals surface area contributed by atoms with Gasteiger partial charge in [-0.25, -0.2) is 0 Å². The van der Waals surface area contributed by atoms with Crippen LogP contribution in [0, 0.1) is 5.41 Å². The van der Waals surface area contributed by atoms with Gasteiger partial charge in [-0.2, -0.15) is 0 Å². The Bertz CT molecular complexity index is 61.6. The third-order valence-corrected chi connectivity index (χ3v) is 1.39. The minimum atomic E-state index is -0.150. The van der Waals surface area contributed by atoms with Crippen LogP contribution < -0.4 is 0 Å². The van der Waals surface area contributed by atoms with Gasteiger partial charge in [-0.15, -0.1) is 0 Å². The highest BCUT2D eigenvalue weighted by molar-refractivity contribution is 4.70. The molecule has 0 bridgehead atoms. The van der Waals surface area contributed by atoms with Crippen LogP contribution in [0.4, 0.5) is 0 Å². The van der Waals surface area contributed by atoms with Crippen LogP contribution in [0.25, 0.3) is 0 Å². The Labute approximate surface area is 65.5 Å². The molecule has 0 saturated carbocycles. The number of hydrogen-bond donors (Lipinski definition) is 1. The third kappa shape index (κ3) is 6.09. The van der Waals surface area contributed by atoms with Gasteiger partial charge in [0, 0.05) is 0 Å². The maximum absolute atomic E-state index is 9.19. The summed E-state index contributed by atoms with van der Waals surface area (Å²) in [7, 11) is 0. The highest BCUT2D eigenvalue weighted by Crippen LogP contribution is 2.20. The van der Waals surface area contributed by atoms with Crippen LogP contribution >= 0.6 is 0 Å². The molecular weight excluding hydrogens is 124 g/mol. The molecule has 0 heterocycles. The monoisotopic (exact) mass is 146 g/mol. The number of aliphatic hydroxyl groups is 1. The lowest BCUT2D eigenvalue weighted by Crippen LogP contribution is -2.24. The third-order valence-electron chi connectivity index (χ3n) is 1.39. The number of aliphatic hydroxyl groups excluding tert-OH is 1. The zero-order chi connectivity index (χ0) is 8.78. The molecule has 0 fully saturated rings. The molecular formula is C9H22O. The fourth-order valence-electron chi connectivity index (χ4n) is 0.612. The summed E-state index contributed by atoms with van der Waals surface area (Å²) in [4.78, 5) is 0. The highest BCUT2D eigenvalue weighted by atomic mass is 16.3. The first-order chi connectivity index (χ1) is 4.48. The molecule has 0 amide bonds. The molecule has 0 aliphatic heterocycles. The van der Waals surface area contributed by atoms with Crippen LogP contribution in [0.2, 0.25) is 0 Å². The molecule has 0 saturated heterocycles. The second kappa shape index (κ2) is 5.72. The molecule has 1 nitrogen and oxygen atoms in total. The van der Waals surface area contributed by atoms with Crippen LogP contribution in [-0.2, 0) is 0 Å². The maximum atomic E-state index is 9.19. The molecule has 64 valence electrons. The summed E-state index contributed by atoms with van der Waals surface area (Å²) in [5.41, 5.74) is 0.0642. The van der Waals surface area contributed by atoms with Crippen molar-refractivity contribution in [3.8, 4) is 0 Å². The first-order valence-electron chi connectivity index (χ1n) is 4.16. The van der Waals surface area contributed by atoms with E-state index in [1.807, 2.05) is 41.5 Å². The van der Waals surface area contributed by atoms with E-state index in [1.54, 1.807) is 0 Å². The van der Waals surface area contributed by atoms with Crippen molar-refractivity contribution in [3.05, 3.63) is 0 Å². The second-order valence-corrected chi connectivity index (χ2v) is 3.29. The van der Waals surface area contributed by atoms with Crippen LogP contribution in [0.5, 0.6) is 0 Å². The highest BCUT2D eigenvalue weighted by Gasteiger charge is 2.19. The molecule has 0 aromatic heterocycles. The Morgan fingerprint density at radius 1 is 1.20 bits per heavy atom. The predicted molar refractivity (Wildman–Crippen MR) is 47.1 cm³/mol. The topological polar surface area (TPSA) is 20.2 Å². The van der Waals surface area contributed by atoms with Crippen molar-refractivity contribution in [3.63, 3.8) is 0 Å². The van der Waals surface area contributed by atoms with Crippen molar-refractivity contribution in [2.75, 3.05) is 0 Å². The van der Waals surface area contributed by atoms with Gasteiger partial charge < -0.3 is 5.11 Å². The van der Waals surface area contributed by atoms with Crippen LogP contribution in [0.3, 0.4) is 0 Å². The van der Waals surface area contributed by atoms with Gasteiger partial charge in [0.05, 0.1) is 6.10 Å². The van der Waals surface area contributed by atoms with E-state index < -0.39 is 0 Å². The lowest BCUT2D eigenvalue weighted by molar-refractivity contribution is 0.0600. The van der Waals surface area contributed by atoms with E-state index in [1.165, 1.54) is 0 Å². The summed E-state index contributed by atoms with van der Waals surface area (Å²) in [5, 5.41) is 9.19. The molecule has 1 unspecified atom stereocenters. The lowest BCUT2D eigenvalue weighted by atomic mass is 9.88. The van der Waals surface area contributed by atoms with Crippen molar-refractivity contribution in [2.24, 2.45) is 5.41 Å². The molecule has 0 aliphatic rings. The number of hydrogen-bond acceptors (Lipinski definition) is 1. The van der Waals surface area contributed by atoms with Crippen molar-refractivity contribution in [1.82, 2.24) is 0 Å². The van der Waals surface area contributed by atoms with E-state index in [0.29, 0.717) is 0 Å². The lowest BCUT2D eigenvalue weighted by Gasteiger charge is -2.24. The minimum absolute atomic E-state index is 0.0642. The summed E-state index contributed by atoms with van der Waals surface area (Å²) in [5.74, 6) is 0. The normalized spacial score (nSPS) is 13.5. The van der Waals surface area contributed by atoms with Crippen molar-refractivity contribution in [2.45, 2.75) is 54.1 Å². The van der Waals surface area contributed by atoms with Crippen molar-refractivity contribution < 1.29 is 5.11 Å². The van der Waals surface area contributed by atoms with Gasteiger partial charge in [-0.1, -0.05) is 41.5 Å². The van der Waals surface area contributed by atoms with E-state index in [-0.39, 0.29) is 11.5 Å².